The van der Waals surface area contributed by atoms with Gasteiger partial charge in [0.15, 0.2) is 0 Å². The molecule has 1 aliphatic rings. The molecule has 28 heavy (non-hydrogen) atoms. The molecule has 0 unspecified atom stereocenters. The van der Waals surface area contributed by atoms with E-state index in [0.29, 0.717) is 37.4 Å². The van der Waals surface area contributed by atoms with Gasteiger partial charge in [0.25, 0.3) is 0 Å². The number of hydrogen-bond donors (Lipinski definition) is 2. The average molecular weight is 430 g/mol. The van der Waals surface area contributed by atoms with Crippen molar-refractivity contribution >= 4 is 39.4 Å². The van der Waals surface area contributed by atoms with Crippen LogP contribution in [-0.4, -0.2) is 61.9 Å². The fourth-order valence-electron chi connectivity index (χ4n) is 3.14. The summed E-state index contributed by atoms with van der Waals surface area (Å²) in [6.07, 6.45) is 0.888. The first-order valence-electron chi connectivity index (χ1n) is 9.22. The van der Waals surface area contributed by atoms with Crippen LogP contribution in [0.15, 0.2) is 23.1 Å². The van der Waals surface area contributed by atoms with Gasteiger partial charge in [0, 0.05) is 59.0 Å². The minimum Gasteiger partial charge on any atom is -0.356 e. The number of hydrogen-bond acceptors (Lipinski definition) is 5. The number of nitrogens with zero attached hydrogens (tertiary/aromatic N) is 3. The number of sulfonamides is 1. The Labute approximate surface area is 172 Å². The van der Waals surface area contributed by atoms with Crippen LogP contribution in [0.2, 0.25) is 0 Å². The second-order valence-electron chi connectivity index (χ2n) is 7.04. The molecule has 1 aromatic heterocycles. The van der Waals surface area contributed by atoms with E-state index in [1.54, 1.807) is 18.2 Å². The van der Waals surface area contributed by atoms with E-state index in [1.807, 2.05) is 11.5 Å². The predicted octanol–water partition coefficient (Wildman–Crippen LogP) is 0.997. The Kier molecular flexibility index (Phi) is 7.44. The number of halogens is 1. The van der Waals surface area contributed by atoms with Gasteiger partial charge >= 0.3 is 0 Å². The lowest BCUT2D eigenvalue weighted by Gasteiger charge is -2.27. The van der Waals surface area contributed by atoms with Crippen molar-refractivity contribution in [1.29, 1.82) is 0 Å². The van der Waals surface area contributed by atoms with Crippen molar-refractivity contribution in [3.05, 3.63) is 24.0 Å². The molecule has 156 valence electrons. The third kappa shape index (κ3) is 4.65. The van der Waals surface area contributed by atoms with Crippen molar-refractivity contribution in [2.45, 2.75) is 31.2 Å². The van der Waals surface area contributed by atoms with E-state index in [-0.39, 0.29) is 23.2 Å². The summed E-state index contributed by atoms with van der Waals surface area (Å²) in [6, 6.07) is 4.99. The number of nitrogens with one attached hydrogen (secondary N) is 2. The van der Waals surface area contributed by atoms with E-state index < -0.39 is 10.0 Å². The number of aromatic nitrogens is 2. The molecular formula is C18H28ClN5O3S. The number of carbonyl (C=O) groups excluding carboxylic acids is 1. The summed E-state index contributed by atoms with van der Waals surface area (Å²) in [5, 5.41) is 6.15. The smallest absolute Gasteiger partial charge is 0.242 e. The first-order chi connectivity index (χ1) is 12.8. The molecule has 1 fully saturated rings. The van der Waals surface area contributed by atoms with Crippen molar-refractivity contribution < 1.29 is 13.2 Å². The van der Waals surface area contributed by atoms with E-state index in [0.717, 1.165) is 24.4 Å². The first-order valence-corrected chi connectivity index (χ1v) is 10.7. The lowest BCUT2D eigenvalue weighted by atomic mass is 10.0. The van der Waals surface area contributed by atoms with E-state index in [2.05, 4.69) is 15.6 Å². The van der Waals surface area contributed by atoms with Gasteiger partial charge in [-0.1, -0.05) is 0 Å². The van der Waals surface area contributed by atoms with Crippen LogP contribution >= 0.6 is 12.4 Å². The van der Waals surface area contributed by atoms with Crippen molar-refractivity contribution in [3.8, 4) is 0 Å². The molecule has 1 amide bonds. The largest absolute Gasteiger partial charge is 0.356 e. The maximum absolute atomic E-state index is 12.3. The van der Waals surface area contributed by atoms with Crippen molar-refractivity contribution in [2.24, 2.45) is 5.92 Å². The number of benzene rings is 1. The van der Waals surface area contributed by atoms with Crippen LogP contribution in [0.4, 0.5) is 0 Å². The summed E-state index contributed by atoms with van der Waals surface area (Å²) in [5.74, 6) is 1.35. The second kappa shape index (κ2) is 9.21. The molecule has 1 saturated heterocycles. The number of imidazole rings is 1. The van der Waals surface area contributed by atoms with Gasteiger partial charge in [0.05, 0.1) is 15.9 Å². The molecule has 8 nitrogen and oxygen atoms in total. The molecule has 0 aliphatic carbocycles. The topological polar surface area (TPSA) is 96.3 Å². The van der Waals surface area contributed by atoms with Gasteiger partial charge in [0.2, 0.25) is 15.9 Å². The normalized spacial score (nSPS) is 14.7. The minimum absolute atomic E-state index is 0. The summed E-state index contributed by atoms with van der Waals surface area (Å²) in [7, 11) is -0.486. The third-order valence-corrected chi connectivity index (χ3v) is 6.73. The molecule has 10 heteroatoms. The molecule has 0 atom stereocenters. The summed E-state index contributed by atoms with van der Waals surface area (Å²) in [6.45, 7) is 5.36. The highest BCUT2D eigenvalue weighted by molar-refractivity contribution is 7.89. The number of rotatable bonds is 8. The van der Waals surface area contributed by atoms with E-state index >= 15 is 0 Å². The predicted molar refractivity (Wildman–Crippen MR) is 111 cm³/mol. The third-order valence-electron chi connectivity index (χ3n) is 4.92. The van der Waals surface area contributed by atoms with Gasteiger partial charge in [-0.2, -0.15) is 0 Å². The maximum atomic E-state index is 12.3. The lowest BCUT2D eigenvalue weighted by Crippen LogP contribution is -2.48. The fourth-order valence-corrected chi connectivity index (χ4v) is 4.06. The van der Waals surface area contributed by atoms with Gasteiger partial charge in [-0.05, 0) is 25.1 Å². The van der Waals surface area contributed by atoms with Crippen LogP contribution < -0.4 is 10.6 Å². The zero-order chi connectivity index (χ0) is 19.6. The van der Waals surface area contributed by atoms with Crippen LogP contribution in [0.25, 0.3) is 11.0 Å². The molecule has 0 radical (unpaired) electrons. The Hall–Kier alpha value is -1.68. The molecule has 0 bridgehead atoms. The summed E-state index contributed by atoms with van der Waals surface area (Å²) >= 11 is 0. The standard InChI is InChI=1S/C18H27N5O3S.ClH/c1-4-23-16-6-5-14(27(25,26)22(2)3)9-15(16)21-17(23)7-8-18(24)20-12-13-10-19-11-13;/h5-6,9,13,19H,4,7-8,10-12H2,1-3H3,(H,20,24);1H. The van der Waals surface area contributed by atoms with Gasteiger partial charge in [-0.25, -0.2) is 17.7 Å². The van der Waals surface area contributed by atoms with Gasteiger partial charge < -0.3 is 15.2 Å². The van der Waals surface area contributed by atoms with Gasteiger partial charge in [-0.3, -0.25) is 4.79 Å². The number of amides is 1. The Morgan fingerprint density at radius 2 is 2.07 bits per heavy atom. The molecule has 2 aromatic rings. The number of fused-ring (bicyclic) bond motifs is 1. The van der Waals surface area contributed by atoms with Crippen molar-refractivity contribution in [3.63, 3.8) is 0 Å². The molecule has 0 spiro atoms. The Morgan fingerprint density at radius 3 is 2.64 bits per heavy atom. The fraction of sp³-hybridized carbons (Fsp3) is 0.556. The van der Waals surface area contributed by atoms with Gasteiger partial charge in [-0.15, -0.1) is 12.4 Å². The number of carbonyl (C=O) groups is 1. The molecule has 2 N–H and O–H groups in total. The molecule has 1 aliphatic heterocycles. The SMILES string of the molecule is CCn1c(CCC(=O)NCC2CNC2)nc2cc(S(=O)(=O)N(C)C)ccc21.Cl. The Morgan fingerprint density at radius 1 is 1.36 bits per heavy atom. The average Bonchev–Trinajstić information content (AvgIpc) is 2.95. The Balaban J connectivity index is 0.00000280. The number of aryl methyl sites for hydroxylation is 2. The second-order valence-corrected chi connectivity index (χ2v) is 9.19. The first kappa shape index (κ1) is 22.6. The summed E-state index contributed by atoms with van der Waals surface area (Å²) in [5.41, 5.74) is 1.52. The van der Waals surface area contributed by atoms with Crippen LogP contribution in [0.3, 0.4) is 0 Å². The maximum Gasteiger partial charge on any atom is 0.242 e. The summed E-state index contributed by atoms with van der Waals surface area (Å²) < 4.78 is 27.9. The van der Waals surface area contributed by atoms with Crippen LogP contribution in [0.5, 0.6) is 0 Å². The highest BCUT2D eigenvalue weighted by atomic mass is 35.5. The van der Waals surface area contributed by atoms with E-state index in [1.165, 1.54) is 18.4 Å². The van der Waals surface area contributed by atoms with Gasteiger partial charge in [0.1, 0.15) is 5.82 Å². The minimum atomic E-state index is -3.50. The zero-order valence-electron chi connectivity index (χ0n) is 16.4. The molecule has 2 heterocycles. The molecule has 1 aromatic carbocycles. The zero-order valence-corrected chi connectivity index (χ0v) is 18.1. The van der Waals surface area contributed by atoms with Crippen molar-refractivity contribution in [2.75, 3.05) is 33.7 Å². The molecule has 0 saturated carbocycles. The monoisotopic (exact) mass is 429 g/mol. The van der Waals surface area contributed by atoms with E-state index in [9.17, 15) is 13.2 Å². The van der Waals surface area contributed by atoms with Crippen LogP contribution in [0, 0.1) is 5.92 Å². The summed E-state index contributed by atoms with van der Waals surface area (Å²) in [4.78, 5) is 16.9. The van der Waals surface area contributed by atoms with E-state index in [4.69, 9.17) is 0 Å². The highest BCUT2D eigenvalue weighted by Crippen LogP contribution is 2.22. The highest BCUT2D eigenvalue weighted by Gasteiger charge is 2.20. The van der Waals surface area contributed by atoms with Crippen LogP contribution in [0.1, 0.15) is 19.2 Å². The molecule has 3 rings (SSSR count). The van der Waals surface area contributed by atoms with Crippen molar-refractivity contribution in [1.82, 2.24) is 24.5 Å². The Bertz CT molecular complexity index is 938. The molecular weight excluding hydrogens is 402 g/mol. The van der Waals surface area contributed by atoms with Crippen LogP contribution in [-0.2, 0) is 27.8 Å². The quantitative estimate of drug-likeness (QED) is 0.652. The lowest BCUT2D eigenvalue weighted by molar-refractivity contribution is -0.121.